The van der Waals surface area contributed by atoms with E-state index in [0.717, 1.165) is 19.3 Å². The molecule has 0 rings (SSSR count). The lowest BCUT2D eigenvalue weighted by Gasteiger charge is -2.20. The highest BCUT2D eigenvalue weighted by atomic mass is 16.5. The van der Waals surface area contributed by atoms with Crippen molar-refractivity contribution < 1.29 is 19.1 Å². The molecule has 0 aliphatic carbocycles. The Balaban J connectivity index is 3.51. The summed E-state index contributed by atoms with van der Waals surface area (Å²) in [6.07, 6.45) is 15.9. The second-order valence-corrected chi connectivity index (χ2v) is 9.71. The Morgan fingerprint density at radius 2 is 0.967 bits per heavy atom. The van der Waals surface area contributed by atoms with E-state index in [-0.39, 0.29) is 24.1 Å². The van der Waals surface area contributed by atoms with E-state index in [2.05, 4.69) is 13.8 Å². The van der Waals surface area contributed by atoms with Gasteiger partial charge in [-0.1, -0.05) is 78.1 Å². The lowest BCUT2D eigenvalue weighted by Crippen LogP contribution is -2.19. The van der Waals surface area contributed by atoms with Crippen LogP contribution in [0.4, 0.5) is 0 Å². The largest absolute Gasteiger partial charge is 0.463 e. The van der Waals surface area contributed by atoms with Gasteiger partial charge in [-0.3, -0.25) is 9.59 Å². The highest BCUT2D eigenvalue weighted by molar-refractivity contribution is 5.70. The zero-order chi connectivity index (χ0) is 22.8. The second-order valence-electron chi connectivity index (χ2n) is 9.71. The van der Waals surface area contributed by atoms with Gasteiger partial charge in [-0.15, -0.1) is 0 Å². The van der Waals surface area contributed by atoms with Gasteiger partial charge in [-0.05, 0) is 52.4 Å². The van der Waals surface area contributed by atoms with E-state index in [1.807, 2.05) is 27.7 Å². The first-order valence-electron chi connectivity index (χ1n) is 12.6. The van der Waals surface area contributed by atoms with Crippen LogP contribution in [0, 0.1) is 11.8 Å². The van der Waals surface area contributed by atoms with Gasteiger partial charge in [0.15, 0.2) is 0 Å². The monoisotopic (exact) mass is 426 g/mol. The van der Waals surface area contributed by atoms with E-state index in [1.54, 1.807) is 0 Å². The minimum atomic E-state index is -0.0554. The molecule has 0 fully saturated rings. The van der Waals surface area contributed by atoms with Crippen molar-refractivity contribution >= 4 is 11.9 Å². The number of esters is 2. The maximum atomic E-state index is 11.9. The average molecular weight is 427 g/mol. The summed E-state index contributed by atoms with van der Waals surface area (Å²) < 4.78 is 10.5. The number of hydrogen-bond donors (Lipinski definition) is 0. The van der Waals surface area contributed by atoms with Gasteiger partial charge in [0.25, 0.3) is 0 Å². The molecule has 0 saturated heterocycles. The third-order valence-electron chi connectivity index (χ3n) is 5.56. The summed E-state index contributed by atoms with van der Waals surface area (Å²) >= 11 is 0. The highest BCUT2D eigenvalue weighted by Gasteiger charge is 2.18. The van der Waals surface area contributed by atoms with Crippen LogP contribution in [0.25, 0.3) is 0 Å². The maximum absolute atomic E-state index is 11.9. The van der Waals surface area contributed by atoms with E-state index in [1.165, 1.54) is 57.8 Å². The van der Waals surface area contributed by atoms with Crippen molar-refractivity contribution in [3.05, 3.63) is 0 Å². The minimum Gasteiger partial charge on any atom is -0.463 e. The van der Waals surface area contributed by atoms with Gasteiger partial charge >= 0.3 is 11.9 Å². The fourth-order valence-corrected chi connectivity index (χ4v) is 3.78. The molecular weight excluding hydrogens is 376 g/mol. The molecule has 1 atom stereocenters. The van der Waals surface area contributed by atoms with Crippen molar-refractivity contribution in [1.29, 1.82) is 0 Å². The Kier molecular flexibility index (Phi) is 18.0. The Bertz CT molecular complexity index is 429. The van der Waals surface area contributed by atoms with Crippen LogP contribution in [0.1, 0.15) is 131 Å². The second kappa shape index (κ2) is 18.7. The van der Waals surface area contributed by atoms with Gasteiger partial charge in [0.05, 0.1) is 12.2 Å². The number of carbonyl (C=O) groups excluding carboxylic acids is 2. The van der Waals surface area contributed by atoms with Crippen molar-refractivity contribution in [3.8, 4) is 0 Å². The third kappa shape index (κ3) is 18.9. The molecule has 30 heavy (non-hydrogen) atoms. The molecule has 0 aliphatic heterocycles. The summed E-state index contributed by atoms with van der Waals surface area (Å²) in [5.41, 5.74) is 0. The zero-order valence-electron chi connectivity index (χ0n) is 20.8. The molecule has 0 aromatic carbocycles. The average Bonchev–Trinajstić information content (AvgIpc) is 2.63. The van der Waals surface area contributed by atoms with Crippen molar-refractivity contribution in [2.75, 3.05) is 0 Å². The van der Waals surface area contributed by atoms with Gasteiger partial charge in [0, 0.05) is 12.8 Å². The molecule has 0 radical (unpaired) electrons. The predicted octanol–water partition coefficient (Wildman–Crippen LogP) is 7.62. The molecular formula is C26H50O4. The molecule has 0 saturated carbocycles. The number of unbranched alkanes of at least 4 members (excludes halogenated alkanes) is 10. The van der Waals surface area contributed by atoms with E-state index in [9.17, 15) is 9.59 Å². The molecule has 0 amide bonds. The predicted molar refractivity (Wildman–Crippen MR) is 125 cm³/mol. The van der Waals surface area contributed by atoms with Crippen molar-refractivity contribution in [3.63, 3.8) is 0 Å². The summed E-state index contributed by atoms with van der Waals surface area (Å²) in [4.78, 5) is 23.4. The van der Waals surface area contributed by atoms with Crippen LogP contribution in [0.15, 0.2) is 0 Å². The van der Waals surface area contributed by atoms with Crippen LogP contribution in [-0.2, 0) is 19.1 Å². The Hall–Kier alpha value is -1.06. The van der Waals surface area contributed by atoms with Gasteiger partial charge in [0.1, 0.15) is 0 Å². The zero-order valence-corrected chi connectivity index (χ0v) is 20.8. The van der Waals surface area contributed by atoms with Crippen LogP contribution < -0.4 is 0 Å². The lowest BCUT2D eigenvalue weighted by atomic mass is 9.87. The van der Waals surface area contributed by atoms with Crippen molar-refractivity contribution in [2.45, 2.75) is 144 Å². The topological polar surface area (TPSA) is 52.6 Å². The van der Waals surface area contributed by atoms with E-state index in [0.29, 0.717) is 24.7 Å². The molecule has 0 spiro atoms. The van der Waals surface area contributed by atoms with Gasteiger partial charge in [0.2, 0.25) is 0 Å². The SMILES string of the molecule is CC(C)OC(=O)CCCCCCCCCCCCCC(CC(=O)OC(C)C)C(C)C. The first-order chi connectivity index (χ1) is 14.2. The molecule has 1 unspecified atom stereocenters. The molecule has 0 aromatic rings. The molecule has 178 valence electrons. The van der Waals surface area contributed by atoms with E-state index in [4.69, 9.17) is 9.47 Å². The van der Waals surface area contributed by atoms with Crippen LogP contribution >= 0.6 is 0 Å². The van der Waals surface area contributed by atoms with E-state index >= 15 is 0 Å². The Labute approximate surface area is 186 Å². The van der Waals surface area contributed by atoms with E-state index < -0.39 is 0 Å². The van der Waals surface area contributed by atoms with Gasteiger partial charge < -0.3 is 9.47 Å². The highest BCUT2D eigenvalue weighted by Crippen LogP contribution is 2.23. The maximum Gasteiger partial charge on any atom is 0.306 e. The number of rotatable bonds is 19. The Morgan fingerprint density at radius 3 is 1.40 bits per heavy atom. The summed E-state index contributed by atoms with van der Waals surface area (Å²) in [5, 5.41) is 0. The van der Waals surface area contributed by atoms with Crippen molar-refractivity contribution in [1.82, 2.24) is 0 Å². The standard InChI is InChI=1S/C26H50O4/c1-21(2)24(20-26(28)30-23(5)6)18-16-14-12-10-8-7-9-11-13-15-17-19-25(27)29-22(3)4/h21-24H,7-20H2,1-6H3. The number of ether oxygens (including phenoxy) is 2. The third-order valence-corrected chi connectivity index (χ3v) is 5.56. The first kappa shape index (κ1) is 28.9. The number of carbonyl (C=O) groups is 2. The van der Waals surface area contributed by atoms with Crippen LogP contribution in [0.5, 0.6) is 0 Å². The van der Waals surface area contributed by atoms with Crippen molar-refractivity contribution in [2.24, 2.45) is 11.8 Å². The lowest BCUT2D eigenvalue weighted by molar-refractivity contribution is -0.149. The molecule has 0 aliphatic rings. The molecule has 0 heterocycles. The molecule has 0 bridgehead atoms. The molecule has 0 aromatic heterocycles. The number of hydrogen-bond acceptors (Lipinski definition) is 4. The van der Waals surface area contributed by atoms with Crippen LogP contribution in [0.2, 0.25) is 0 Å². The summed E-state index contributed by atoms with van der Waals surface area (Å²) in [5.74, 6) is 0.883. The van der Waals surface area contributed by atoms with Crippen LogP contribution in [0.3, 0.4) is 0 Å². The quantitative estimate of drug-likeness (QED) is 0.157. The normalized spacial score (nSPS) is 12.6. The van der Waals surface area contributed by atoms with Gasteiger partial charge in [-0.2, -0.15) is 0 Å². The summed E-state index contributed by atoms with van der Waals surface area (Å²) in [6, 6.07) is 0. The molecule has 4 nitrogen and oxygen atoms in total. The summed E-state index contributed by atoms with van der Waals surface area (Å²) in [6.45, 7) is 12.0. The van der Waals surface area contributed by atoms with Crippen LogP contribution in [-0.4, -0.2) is 24.1 Å². The molecule has 4 heteroatoms. The minimum absolute atomic E-state index is 0.00245. The fourth-order valence-electron chi connectivity index (χ4n) is 3.78. The first-order valence-corrected chi connectivity index (χ1v) is 12.6. The fraction of sp³-hybridized carbons (Fsp3) is 0.923. The van der Waals surface area contributed by atoms with Gasteiger partial charge in [-0.25, -0.2) is 0 Å². The molecule has 0 N–H and O–H groups in total. The summed E-state index contributed by atoms with van der Waals surface area (Å²) in [7, 11) is 0. The smallest absolute Gasteiger partial charge is 0.306 e. The Morgan fingerprint density at radius 1 is 0.567 bits per heavy atom.